The van der Waals surface area contributed by atoms with Crippen LogP contribution in [0, 0.1) is 12.8 Å². The van der Waals surface area contributed by atoms with Crippen molar-refractivity contribution in [1.29, 1.82) is 0 Å². The molecule has 0 heterocycles. The van der Waals surface area contributed by atoms with E-state index in [1.54, 1.807) is 0 Å². The van der Waals surface area contributed by atoms with Crippen molar-refractivity contribution in [2.24, 2.45) is 5.92 Å². The number of carbonyl (C=O) groups is 1. The van der Waals surface area contributed by atoms with E-state index in [0.717, 1.165) is 4.90 Å². The Balaban J connectivity index is 2.21. The lowest BCUT2D eigenvalue weighted by atomic mass is 10.2. The Labute approximate surface area is 107 Å². The quantitative estimate of drug-likeness (QED) is 0.626. The number of amides is 1. The van der Waals surface area contributed by atoms with Gasteiger partial charge in [-0.1, -0.05) is 31.5 Å². The number of carbonyl (C=O) groups excluding carboxylic acids is 1. The van der Waals surface area contributed by atoms with Crippen molar-refractivity contribution in [3.05, 3.63) is 29.8 Å². The maximum atomic E-state index is 11.4. The summed E-state index contributed by atoms with van der Waals surface area (Å²) < 4.78 is 0. The molecule has 1 aromatic rings. The van der Waals surface area contributed by atoms with Crippen LogP contribution in [0.15, 0.2) is 29.2 Å². The number of nitrogens with one attached hydrogen (secondary N) is 1. The van der Waals surface area contributed by atoms with Gasteiger partial charge in [-0.15, -0.1) is 11.8 Å². The smallest absolute Gasteiger partial charge is 0.253 e. The van der Waals surface area contributed by atoms with Crippen LogP contribution in [0.25, 0.3) is 0 Å². The molecule has 0 aliphatic rings. The molecule has 0 aliphatic heterocycles. The zero-order valence-electron chi connectivity index (χ0n) is 10.5. The second kappa shape index (κ2) is 7.35. The molecule has 1 amide bonds. The van der Waals surface area contributed by atoms with Crippen molar-refractivity contribution in [1.82, 2.24) is 5.48 Å². The van der Waals surface area contributed by atoms with Gasteiger partial charge in [-0.25, -0.2) is 5.48 Å². The molecule has 4 heteroatoms. The SMILES string of the molecule is Cc1ccc(SCC(=O)NOCC(C)C)cc1. The summed E-state index contributed by atoms with van der Waals surface area (Å²) in [7, 11) is 0. The van der Waals surface area contributed by atoms with Crippen LogP contribution in [0.1, 0.15) is 19.4 Å². The van der Waals surface area contributed by atoms with Crippen molar-refractivity contribution in [2.45, 2.75) is 25.7 Å². The molecule has 94 valence electrons. The second-order valence-electron chi connectivity index (χ2n) is 4.33. The van der Waals surface area contributed by atoms with Gasteiger partial charge in [0.1, 0.15) is 0 Å². The van der Waals surface area contributed by atoms with Crippen LogP contribution < -0.4 is 5.48 Å². The Hall–Kier alpha value is -1.00. The molecule has 1 rings (SSSR count). The van der Waals surface area contributed by atoms with Crippen LogP contribution in [-0.2, 0) is 9.63 Å². The maximum Gasteiger partial charge on any atom is 0.253 e. The molecule has 0 unspecified atom stereocenters. The molecule has 0 spiro atoms. The van der Waals surface area contributed by atoms with E-state index in [4.69, 9.17) is 4.84 Å². The molecule has 0 saturated carbocycles. The van der Waals surface area contributed by atoms with Gasteiger partial charge >= 0.3 is 0 Å². The van der Waals surface area contributed by atoms with Gasteiger partial charge in [0.15, 0.2) is 0 Å². The zero-order valence-corrected chi connectivity index (χ0v) is 11.3. The highest BCUT2D eigenvalue weighted by Crippen LogP contribution is 2.17. The predicted octanol–water partition coefficient (Wildman–Crippen LogP) is 2.79. The lowest BCUT2D eigenvalue weighted by Gasteiger charge is -2.07. The molecule has 0 radical (unpaired) electrons. The zero-order chi connectivity index (χ0) is 12.7. The lowest BCUT2D eigenvalue weighted by Crippen LogP contribution is -2.27. The fourth-order valence-electron chi connectivity index (χ4n) is 1.10. The third-order valence-electron chi connectivity index (χ3n) is 1.99. The summed E-state index contributed by atoms with van der Waals surface area (Å²) >= 11 is 1.50. The number of hydrogen-bond donors (Lipinski definition) is 1. The average molecular weight is 253 g/mol. The first-order chi connectivity index (χ1) is 8.08. The molecule has 0 aromatic heterocycles. The van der Waals surface area contributed by atoms with Gasteiger partial charge in [-0.05, 0) is 25.0 Å². The summed E-state index contributed by atoms with van der Waals surface area (Å²) in [6.45, 7) is 6.66. The van der Waals surface area contributed by atoms with E-state index in [0.29, 0.717) is 18.3 Å². The Morgan fingerprint density at radius 1 is 1.35 bits per heavy atom. The summed E-state index contributed by atoms with van der Waals surface area (Å²) in [5.74, 6) is 0.692. The van der Waals surface area contributed by atoms with Gasteiger partial charge in [-0.3, -0.25) is 9.63 Å². The van der Waals surface area contributed by atoms with E-state index in [2.05, 4.69) is 5.48 Å². The van der Waals surface area contributed by atoms with Crippen molar-refractivity contribution in [3.8, 4) is 0 Å². The fraction of sp³-hybridized carbons (Fsp3) is 0.462. The Bertz CT molecular complexity index is 349. The highest BCUT2D eigenvalue weighted by molar-refractivity contribution is 8.00. The summed E-state index contributed by atoms with van der Waals surface area (Å²) in [5, 5.41) is 0. The van der Waals surface area contributed by atoms with Crippen LogP contribution in [-0.4, -0.2) is 18.3 Å². The van der Waals surface area contributed by atoms with E-state index >= 15 is 0 Å². The minimum Gasteiger partial charge on any atom is -0.273 e. The van der Waals surface area contributed by atoms with Crippen LogP contribution in [0.5, 0.6) is 0 Å². The Morgan fingerprint density at radius 2 is 2.00 bits per heavy atom. The molecule has 0 atom stereocenters. The van der Waals surface area contributed by atoms with Crippen LogP contribution in [0.3, 0.4) is 0 Å². The summed E-state index contributed by atoms with van der Waals surface area (Å²) in [4.78, 5) is 17.6. The second-order valence-corrected chi connectivity index (χ2v) is 5.38. The van der Waals surface area contributed by atoms with Gasteiger partial charge in [-0.2, -0.15) is 0 Å². The number of benzene rings is 1. The number of hydroxylamine groups is 1. The standard InChI is InChI=1S/C13H19NO2S/c1-10(2)8-16-14-13(15)9-17-12-6-4-11(3)5-7-12/h4-7,10H,8-9H2,1-3H3,(H,14,15). The highest BCUT2D eigenvalue weighted by atomic mass is 32.2. The van der Waals surface area contributed by atoms with E-state index in [1.807, 2.05) is 45.0 Å². The minimum atomic E-state index is -0.101. The highest BCUT2D eigenvalue weighted by Gasteiger charge is 2.03. The van der Waals surface area contributed by atoms with Crippen molar-refractivity contribution < 1.29 is 9.63 Å². The first kappa shape index (κ1) is 14.1. The van der Waals surface area contributed by atoms with E-state index in [-0.39, 0.29) is 5.91 Å². The molecular weight excluding hydrogens is 234 g/mol. The number of rotatable bonds is 6. The largest absolute Gasteiger partial charge is 0.273 e. The molecule has 1 aromatic carbocycles. The van der Waals surface area contributed by atoms with E-state index in [1.165, 1.54) is 17.3 Å². The third-order valence-corrected chi connectivity index (χ3v) is 3.01. The summed E-state index contributed by atoms with van der Waals surface area (Å²) in [6.07, 6.45) is 0. The third kappa shape index (κ3) is 6.34. The number of aryl methyl sites for hydroxylation is 1. The van der Waals surface area contributed by atoms with Crippen LogP contribution >= 0.6 is 11.8 Å². The molecule has 17 heavy (non-hydrogen) atoms. The first-order valence-corrected chi connectivity index (χ1v) is 6.66. The van der Waals surface area contributed by atoms with Gasteiger partial charge < -0.3 is 0 Å². The first-order valence-electron chi connectivity index (χ1n) is 5.68. The van der Waals surface area contributed by atoms with E-state index in [9.17, 15) is 4.79 Å². The molecule has 0 fully saturated rings. The predicted molar refractivity (Wildman–Crippen MR) is 70.8 cm³/mol. The van der Waals surface area contributed by atoms with E-state index < -0.39 is 0 Å². The lowest BCUT2D eigenvalue weighted by molar-refractivity contribution is -0.131. The molecular formula is C13H19NO2S. The average Bonchev–Trinajstić information content (AvgIpc) is 2.28. The van der Waals surface area contributed by atoms with Crippen molar-refractivity contribution in [2.75, 3.05) is 12.4 Å². The minimum absolute atomic E-state index is 0.101. The topological polar surface area (TPSA) is 38.3 Å². The van der Waals surface area contributed by atoms with Gasteiger partial charge in [0.05, 0.1) is 12.4 Å². The molecule has 3 nitrogen and oxygen atoms in total. The maximum absolute atomic E-state index is 11.4. The molecule has 0 bridgehead atoms. The number of thioether (sulfide) groups is 1. The van der Waals surface area contributed by atoms with Gasteiger partial charge in [0, 0.05) is 4.90 Å². The monoisotopic (exact) mass is 253 g/mol. The van der Waals surface area contributed by atoms with Gasteiger partial charge in [0.2, 0.25) is 0 Å². The molecule has 1 N–H and O–H groups in total. The molecule has 0 aliphatic carbocycles. The fourth-order valence-corrected chi connectivity index (χ4v) is 1.79. The number of hydrogen-bond acceptors (Lipinski definition) is 3. The van der Waals surface area contributed by atoms with Crippen LogP contribution in [0.2, 0.25) is 0 Å². The Morgan fingerprint density at radius 3 is 2.59 bits per heavy atom. The van der Waals surface area contributed by atoms with Crippen LogP contribution in [0.4, 0.5) is 0 Å². The van der Waals surface area contributed by atoms with Crippen molar-refractivity contribution in [3.63, 3.8) is 0 Å². The van der Waals surface area contributed by atoms with Gasteiger partial charge in [0.25, 0.3) is 5.91 Å². The normalized spacial score (nSPS) is 10.6. The summed E-state index contributed by atoms with van der Waals surface area (Å²) in [6, 6.07) is 8.11. The summed E-state index contributed by atoms with van der Waals surface area (Å²) in [5.41, 5.74) is 3.66. The van der Waals surface area contributed by atoms with Crippen molar-refractivity contribution >= 4 is 17.7 Å². The Kier molecular flexibility index (Phi) is 6.08. The molecule has 0 saturated heterocycles.